The van der Waals surface area contributed by atoms with Gasteiger partial charge < -0.3 is 15.5 Å². The van der Waals surface area contributed by atoms with Crippen LogP contribution >= 0.6 is 11.3 Å². The number of aliphatic imine (C=N–C) groups is 1. The zero-order valence-corrected chi connectivity index (χ0v) is 15.8. The van der Waals surface area contributed by atoms with Crippen molar-refractivity contribution in [2.45, 2.75) is 19.9 Å². The van der Waals surface area contributed by atoms with Crippen molar-refractivity contribution in [2.24, 2.45) is 4.99 Å². The summed E-state index contributed by atoms with van der Waals surface area (Å²) in [7, 11) is 3.48. The summed E-state index contributed by atoms with van der Waals surface area (Å²) in [5, 5.41) is 7.46. The molecule has 0 fully saturated rings. The number of hydrogen-bond donors (Lipinski definition) is 2. The standard InChI is InChI=1S/C18H25N5OS/c1-14-11-20-16(25-14)9-10-19-18(22-13-17(24)23(2)3)21-12-15-7-5-4-6-8-15/h4-8,11H,9-10,12-13H2,1-3H3,(H2,19,21,22). The number of carbonyl (C=O) groups is 1. The van der Waals surface area contributed by atoms with Gasteiger partial charge in [0.15, 0.2) is 5.96 Å². The van der Waals surface area contributed by atoms with E-state index in [1.165, 1.54) is 4.88 Å². The van der Waals surface area contributed by atoms with Crippen LogP contribution in [0.1, 0.15) is 15.4 Å². The Hall–Kier alpha value is -2.41. The molecule has 1 aromatic carbocycles. The second-order valence-corrected chi connectivity index (χ2v) is 7.15. The average molecular weight is 359 g/mol. The highest BCUT2D eigenvalue weighted by Gasteiger charge is 2.06. The molecule has 2 N–H and O–H groups in total. The summed E-state index contributed by atoms with van der Waals surface area (Å²) in [6, 6.07) is 10.0. The fourth-order valence-electron chi connectivity index (χ4n) is 2.05. The molecule has 1 aromatic heterocycles. The maximum Gasteiger partial charge on any atom is 0.241 e. The normalized spacial score (nSPS) is 11.2. The number of nitrogens with one attached hydrogen (secondary N) is 2. The lowest BCUT2D eigenvalue weighted by Crippen LogP contribution is -2.43. The molecule has 0 radical (unpaired) electrons. The molecule has 1 heterocycles. The number of aryl methyl sites for hydroxylation is 1. The van der Waals surface area contributed by atoms with E-state index in [0.717, 1.165) is 17.0 Å². The topological polar surface area (TPSA) is 69.6 Å². The Morgan fingerprint density at radius 2 is 2.00 bits per heavy atom. The van der Waals surface area contributed by atoms with Gasteiger partial charge >= 0.3 is 0 Å². The first kappa shape index (κ1) is 18.9. The Morgan fingerprint density at radius 3 is 2.64 bits per heavy atom. The maximum atomic E-state index is 11.8. The zero-order valence-electron chi connectivity index (χ0n) is 15.0. The van der Waals surface area contributed by atoms with E-state index in [-0.39, 0.29) is 12.5 Å². The van der Waals surface area contributed by atoms with Crippen molar-refractivity contribution in [3.63, 3.8) is 0 Å². The number of likely N-dealkylation sites (N-methyl/N-ethyl adjacent to an activating group) is 1. The number of guanidine groups is 1. The Kier molecular flexibility index (Phi) is 7.40. The van der Waals surface area contributed by atoms with Gasteiger partial charge in [-0.3, -0.25) is 4.79 Å². The molecule has 25 heavy (non-hydrogen) atoms. The molecule has 1 amide bonds. The fourth-order valence-corrected chi connectivity index (χ4v) is 2.84. The van der Waals surface area contributed by atoms with Crippen molar-refractivity contribution < 1.29 is 4.79 Å². The lowest BCUT2D eigenvalue weighted by Gasteiger charge is -2.14. The highest BCUT2D eigenvalue weighted by molar-refractivity contribution is 7.11. The number of nitrogens with zero attached hydrogens (tertiary/aromatic N) is 3. The van der Waals surface area contributed by atoms with Crippen LogP contribution in [0, 0.1) is 6.92 Å². The molecule has 2 aromatic rings. The van der Waals surface area contributed by atoms with Crippen LogP contribution in [-0.4, -0.2) is 48.9 Å². The molecule has 134 valence electrons. The Labute approximate surface area is 153 Å². The Morgan fingerprint density at radius 1 is 1.24 bits per heavy atom. The van der Waals surface area contributed by atoms with E-state index in [2.05, 4.69) is 27.5 Å². The van der Waals surface area contributed by atoms with E-state index in [9.17, 15) is 4.79 Å². The van der Waals surface area contributed by atoms with Crippen molar-refractivity contribution in [3.8, 4) is 0 Å². The second-order valence-electron chi connectivity index (χ2n) is 5.83. The van der Waals surface area contributed by atoms with Crippen LogP contribution < -0.4 is 10.6 Å². The van der Waals surface area contributed by atoms with Gasteiger partial charge in [-0.05, 0) is 12.5 Å². The molecular weight excluding hydrogens is 334 g/mol. The van der Waals surface area contributed by atoms with E-state index >= 15 is 0 Å². The van der Waals surface area contributed by atoms with Crippen LogP contribution in [0.3, 0.4) is 0 Å². The SMILES string of the molecule is Cc1cnc(CCNC(=NCc2ccccc2)NCC(=O)N(C)C)s1. The highest BCUT2D eigenvalue weighted by atomic mass is 32.1. The van der Waals surface area contributed by atoms with Gasteiger partial charge in [-0.2, -0.15) is 0 Å². The summed E-state index contributed by atoms with van der Waals surface area (Å²) in [6.07, 6.45) is 2.71. The first-order valence-electron chi connectivity index (χ1n) is 8.22. The third-order valence-electron chi connectivity index (χ3n) is 3.47. The van der Waals surface area contributed by atoms with E-state index in [0.29, 0.717) is 19.0 Å². The van der Waals surface area contributed by atoms with Crippen LogP contribution in [0.5, 0.6) is 0 Å². The average Bonchev–Trinajstić information content (AvgIpc) is 3.02. The van der Waals surface area contributed by atoms with E-state index in [4.69, 9.17) is 0 Å². The van der Waals surface area contributed by atoms with Crippen molar-refractivity contribution in [2.75, 3.05) is 27.2 Å². The Balaban J connectivity index is 1.91. The minimum Gasteiger partial charge on any atom is -0.356 e. The van der Waals surface area contributed by atoms with Crippen LogP contribution in [0.2, 0.25) is 0 Å². The zero-order chi connectivity index (χ0) is 18.1. The summed E-state index contributed by atoms with van der Waals surface area (Å²) in [4.78, 5) is 23.5. The second kappa shape index (κ2) is 9.78. The van der Waals surface area contributed by atoms with Crippen molar-refractivity contribution in [1.29, 1.82) is 0 Å². The third kappa shape index (κ3) is 6.93. The van der Waals surface area contributed by atoms with Crippen LogP contribution in [0.4, 0.5) is 0 Å². The van der Waals surface area contributed by atoms with Crippen LogP contribution in [-0.2, 0) is 17.8 Å². The molecule has 0 aliphatic heterocycles. The summed E-state index contributed by atoms with van der Waals surface area (Å²) < 4.78 is 0. The molecule has 0 saturated heterocycles. The van der Waals surface area contributed by atoms with Crippen molar-refractivity contribution in [1.82, 2.24) is 20.5 Å². The predicted octanol–water partition coefficient (Wildman–Crippen LogP) is 1.82. The summed E-state index contributed by atoms with van der Waals surface area (Å²) in [5.41, 5.74) is 1.12. The first-order chi connectivity index (χ1) is 12.0. The number of carbonyl (C=O) groups excluding carboxylic acids is 1. The third-order valence-corrected chi connectivity index (χ3v) is 4.44. The number of amides is 1. The number of aromatic nitrogens is 1. The predicted molar refractivity (Wildman–Crippen MR) is 103 cm³/mol. The summed E-state index contributed by atoms with van der Waals surface area (Å²) >= 11 is 1.70. The molecule has 0 spiro atoms. The molecule has 0 aliphatic carbocycles. The molecule has 0 saturated carbocycles. The lowest BCUT2D eigenvalue weighted by molar-refractivity contribution is -0.127. The van der Waals surface area contributed by atoms with Crippen LogP contribution in [0.25, 0.3) is 0 Å². The monoisotopic (exact) mass is 359 g/mol. The molecule has 6 nitrogen and oxygen atoms in total. The van der Waals surface area contributed by atoms with Gasteiger partial charge in [-0.25, -0.2) is 9.98 Å². The summed E-state index contributed by atoms with van der Waals surface area (Å²) in [5.74, 6) is 0.636. The van der Waals surface area contributed by atoms with Gasteiger partial charge in [-0.15, -0.1) is 11.3 Å². The van der Waals surface area contributed by atoms with E-state index in [1.807, 2.05) is 36.5 Å². The largest absolute Gasteiger partial charge is 0.356 e. The quantitative estimate of drug-likeness (QED) is 0.584. The van der Waals surface area contributed by atoms with Gasteiger partial charge in [0.05, 0.1) is 18.1 Å². The maximum absolute atomic E-state index is 11.8. The summed E-state index contributed by atoms with van der Waals surface area (Å²) in [6.45, 7) is 3.53. The van der Waals surface area contributed by atoms with Crippen molar-refractivity contribution in [3.05, 3.63) is 52.0 Å². The molecule has 0 unspecified atom stereocenters. The first-order valence-corrected chi connectivity index (χ1v) is 9.04. The van der Waals surface area contributed by atoms with E-state index < -0.39 is 0 Å². The number of benzene rings is 1. The molecule has 0 atom stereocenters. The number of thiazole rings is 1. The van der Waals surface area contributed by atoms with Gasteiger partial charge in [0.1, 0.15) is 0 Å². The minimum absolute atomic E-state index is 0.00441. The molecule has 2 rings (SSSR count). The number of rotatable bonds is 7. The minimum atomic E-state index is 0.00441. The van der Waals surface area contributed by atoms with E-state index in [1.54, 1.807) is 30.3 Å². The molecule has 0 bridgehead atoms. The Bertz CT molecular complexity index is 697. The smallest absolute Gasteiger partial charge is 0.241 e. The molecular formula is C18H25N5OS. The molecule has 0 aliphatic rings. The highest BCUT2D eigenvalue weighted by Crippen LogP contribution is 2.10. The van der Waals surface area contributed by atoms with Gasteiger partial charge in [-0.1, -0.05) is 30.3 Å². The van der Waals surface area contributed by atoms with Crippen LogP contribution in [0.15, 0.2) is 41.5 Å². The van der Waals surface area contributed by atoms with Crippen molar-refractivity contribution >= 4 is 23.2 Å². The van der Waals surface area contributed by atoms with Gasteiger partial charge in [0.2, 0.25) is 5.91 Å². The van der Waals surface area contributed by atoms with Gasteiger partial charge in [0, 0.05) is 38.1 Å². The number of hydrogen-bond acceptors (Lipinski definition) is 4. The lowest BCUT2D eigenvalue weighted by atomic mass is 10.2. The fraction of sp³-hybridized carbons (Fsp3) is 0.389. The van der Waals surface area contributed by atoms with Gasteiger partial charge in [0.25, 0.3) is 0 Å². The molecule has 7 heteroatoms.